The third kappa shape index (κ3) is 4.32. The van der Waals surface area contributed by atoms with Crippen LogP contribution in [0.3, 0.4) is 0 Å². The third-order valence-corrected chi connectivity index (χ3v) is 3.16. The molecule has 1 amide bonds. The van der Waals surface area contributed by atoms with Crippen LogP contribution in [0.2, 0.25) is 0 Å². The van der Waals surface area contributed by atoms with Gasteiger partial charge in [0.2, 0.25) is 0 Å². The fraction of sp³-hybridized carbons (Fsp3) is 0.250. The van der Waals surface area contributed by atoms with Crippen LogP contribution in [0, 0.1) is 5.82 Å². The van der Waals surface area contributed by atoms with E-state index in [0.29, 0.717) is 25.3 Å². The number of aromatic hydroxyl groups is 1. The van der Waals surface area contributed by atoms with E-state index < -0.39 is 17.2 Å². The summed E-state index contributed by atoms with van der Waals surface area (Å²) in [5.74, 6) is -1.08. The molecule has 0 fully saturated rings. The minimum Gasteiger partial charge on any atom is -0.502 e. The van der Waals surface area contributed by atoms with Crippen molar-refractivity contribution in [1.29, 1.82) is 0 Å². The van der Waals surface area contributed by atoms with Crippen molar-refractivity contribution in [2.45, 2.75) is 6.42 Å². The fourth-order valence-electron chi connectivity index (χ4n) is 1.91. The molecule has 0 spiro atoms. The van der Waals surface area contributed by atoms with Crippen molar-refractivity contribution >= 4 is 5.91 Å². The summed E-state index contributed by atoms with van der Waals surface area (Å²) in [4.78, 5) is 23.4. The summed E-state index contributed by atoms with van der Waals surface area (Å²) in [7, 11) is 1.48. The number of amides is 1. The van der Waals surface area contributed by atoms with Crippen LogP contribution in [0.15, 0.2) is 41.3 Å². The molecule has 0 atom stereocenters. The van der Waals surface area contributed by atoms with Crippen molar-refractivity contribution in [2.24, 2.45) is 7.05 Å². The van der Waals surface area contributed by atoms with E-state index in [2.05, 4.69) is 5.32 Å². The number of aryl methyl sites for hydroxylation is 1. The molecule has 6 nitrogen and oxygen atoms in total. The molecule has 7 heteroatoms. The predicted octanol–water partition coefficient (Wildman–Crippen LogP) is 1.43. The maximum atomic E-state index is 12.9. The first-order valence-corrected chi connectivity index (χ1v) is 7.04. The van der Waals surface area contributed by atoms with Crippen molar-refractivity contribution < 1.29 is 19.0 Å². The van der Waals surface area contributed by atoms with Crippen LogP contribution < -0.4 is 15.6 Å². The highest BCUT2D eigenvalue weighted by Gasteiger charge is 2.14. The number of nitrogens with one attached hydrogen (secondary N) is 1. The SMILES string of the molecule is Cn1ccc(C(=O)NCCCOc2cccc(F)c2)c(O)c1=O. The number of hydrogen-bond acceptors (Lipinski definition) is 4. The van der Waals surface area contributed by atoms with E-state index >= 15 is 0 Å². The van der Waals surface area contributed by atoms with Gasteiger partial charge in [0.05, 0.1) is 12.2 Å². The van der Waals surface area contributed by atoms with Crippen LogP contribution in [-0.4, -0.2) is 28.7 Å². The summed E-state index contributed by atoms with van der Waals surface area (Å²) in [6.45, 7) is 0.592. The van der Waals surface area contributed by atoms with Gasteiger partial charge in [0.15, 0.2) is 5.75 Å². The molecule has 0 saturated carbocycles. The Balaban J connectivity index is 1.79. The Kier molecular flexibility index (Phi) is 5.35. The van der Waals surface area contributed by atoms with E-state index in [1.54, 1.807) is 12.1 Å². The van der Waals surface area contributed by atoms with Crippen LogP contribution in [0.4, 0.5) is 4.39 Å². The topological polar surface area (TPSA) is 80.6 Å². The number of aromatic nitrogens is 1. The Hall–Kier alpha value is -2.83. The highest BCUT2D eigenvalue weighted by molar-refractivity contribution is 5.96. The normalized spacial score (nSPS) is 10.3. The zero-order valence-electron chi connectivity index (χ0n) is 12.6. The molecule has 1 heterocycles. The molecule has 1 aromatic carbocycles. The first kappa shape index (κ1) is 16.5. The molecule has 0 radical (unpaired) electrons. The number of pyridine rings is 1. The summed E-state index contributed by atoms with van der Waals surface area (Å²) < 4.78 is 19.5. The molecular formula is C16H17FN2O4. The van der Waals surface area contributed by atoms with Gasteiger partial charge in [0.1, 0.15) is 11.6 Å². The van der Waals surface area contributed by atoms with E-state index in [9.17, 15) is 19.1 Å². The second-order valence-electron chi connectivity index (χ2n) is 4.91. The van der Waals surface area contributed by atoms with Crippen molar-refractivity contribution in [3.8, 4) is 11.5 Å². The van der Waals surface area contributed by atoms with Crippen molar-refractivity contribution in [3.05, 3.63) is 58.3 Å². The number of carbonyl (C=O) groups is 1. The van der Waals surface area contributed by atoms with Gasteiger partial charge in [-0.3, -0.25) is 9.59 Å². The second-order valence-corrected chi connectivity index (χ2v) is 4.91. The molecule has 0 aliphatic heterocycles. The van der Waals surface area contributed by atoms with Crippen LogP contribution >= 0.6 is 0 Å². The molecule has 0 bridgehead atoms. The number of ether oxygens (including phenoxy) is 1. The van der Waals surface area contributed by atoms with E-state index in [0.717, 1.165) is 0 Å². The summed E-state index contributed by atoms with van der Waals surface area (Å²) in [6, 6.07) is 7.15. The zero-order valence-corrected chi connectivity index (χ0v) is 12.6. The maximum Gasteiger partial charge on any atom is 0.293 e. The first-order chi connectivity index (χ1) is 11.0. The van der Waals surface area contributed by atoms with Gasteiger partial charge in [-0.25, -0.2) is 4.39 Å². The number of benzene rings is 1. The Morgan fingerprint density at radius 1 is 1.39 bits per heavy atom. The molecule has 1 aromatic heterocycles. The smallest absolute Gasteiger partial charge is 0.293 e. The lowest BCUT2D eigenvalue weighted by atomic mass is 10.2. The average Bonchev–Trinajstić information content (AvgIpc) is 2.52. The lowest BCUT2D eigenvalue weighted by Gasteiger charge is -2.09. The molecule has 2 aromatic rings. The monoisotopic (exact) mass is 320 g/mol. The lowest BCUT2D eigenvalue weighted by molar-refractivity contribution is 0.0948. The standard InChI is InChI=1S/C16H17FN2O4/c1-19-8-6-13(14(20)16(19)22)15(21)18-7-3-9-23-12-5-2-4-11(17)10-12/h2,4-6,8,10,20H,3,7,9H2,1H3,(H,18,21). The Bertz CT molecular complexity index is 758. The summed E-state index contributed by atoms with van der Waals surface area (Å²) in [5.41, 5.74) is -0.703. The summed E-state index contributed by atoms with van der Waals surface area (Å²) in [6.07, 6.45) is 1.90. The van der Waals surface area contributed by atoms with Gasteiger partial charge >= 0.3 is 0 Å². The van der Waals surface area contributed by atoms with Crippen LogP contribution in [0.5, 0.6) is 11.5 Å². The highest BCUT2D eigenvalue weighted by Crippen LogP contribution is 2.12. The van der Waals surface area contributed by atoms with Gasteiger partial charge in [0.25, 0.3) is 11.5 Å². The van der Waals surface area contributed by atoms with Gasteiger partial charge in [-0.2, -0.15) is 0 Å². The van der Waals surface area contributed by atoms with Crippen molar-refractivity contribution in [2.75, 3.05) is 13.2 Å². The highest BCUT2D eigenvalue weighted by atomic mass is 19.1. The van der Waals surface area contributed by atoms with Gasteiger partial charge < -0.3 is 19.7 Å². The number of nitrogens with zero attached hydrogens (tertiary/aromatic N) is 1. The maximum absolute atomic E-state index is 12.9. The number of carbonyl (C=O) groups excluding carboxylic acids is 1. The minimum absolute atomic E-state index is 0.0702. The van der Waals surface area contributed by atoms with E-state index in [1.807, 2.05) is 0 Å². The summed E-state index contributed by atoms with van der Waals surface area (Å²) in [5, 5.41) is 12.3. The third-order valence-electron chi connectivity index (χ3n) is 3.16. The predicted molar refractivity (Wildman–Crippen MR) is 82.2 cm³/mol. The molecule has 2 rings (SSSR count). The number of rotatable bonds is 6. The largest absolute Gasteiger partial charge is 0.502 e. The van der Waals surface area contributed by atoms with Crippen LogP contribution in [-0.2, 0) is 7.05 Å². The lowest BCUT2D eigenvalue weighted by Crippen LogP contribution is -2.28. The Morgan fingerprint density at radius 3 is 2.91 bits per heavy atom. The molecule has 0 aliphatic carbocycles. The Labute approximate surface area is 132 Å². The summed E-state index contributed by atoms with van der Waals surface area (Å²) >= 11 is 0. The number of hydrogen-bond donors (Lipinski definition) is 2. The van der Waals surface area contributed by atoms with Crippen molar-refractivity contribution in [3.63, 3.8) is 0 Å². The quantitative estimate of drug-likeness (QED) is 0.789. The van der Waals surface area contributed by atoms with E-state index in [4.69, 9.17) is 4.74 Å². The first-order valence-electron chi connectivity index (χ1n) is 7.04. The van der Waals surface area contributed by atoms with Gasteiger partial charge in [0, 0.05) is 25.9 Å². The number of halogens is 1. The van der Waals surface area contributed by atoms with E-state index in [1.165, 1.54) is 36.0 Å². The zero-order chi connectivity index (χ0) is 16.8. The molecule has 122 valence electrons. The van der Waals surface area contributed by atoms with Crippen molar-refractivity contribution in [1.82, 2.24) is 9.88 Å². The molecule has 0 unspecified atom stereocenters. The minimum atomic E-state index is -0.632. The molecule has 23 heavy (non-hydrogen) atoms. The van der Waals surface area contributed by atoms with Crippen LogP contribution in [0.1, 0.15) is 16.8 Å². The van der Waals surface area contributed by atoms with E-state index in [-0.39, 0.29) is 11.4 Å². The fourth-order valence-corrected chi connectivity index (χ4v) is 1.91. The molecule has 0 saturated heterocycles. The molecular weight excluding hydrogens is 303 g/mol. The van der Waals surface area contributed by atoms with Gasteiger partial charge in [-0.05, 0) is 24.6 Å². The molecule has 0 aliphatic rings. The van der Waals surface area contributed by atoms with Gasteiger partial charge in [-0.1, -0.05) is 6.07 Å². The Morgan fingerprint density at radius 2 is 2.17 bits per heavy atom. The van der Waals surface area contributed by atoms with Gasteiger partial charge in [-0.15, -0.1) is 0 Å². The van der Waals surface area contributed by atoms with Crippen LogP contribution in [0.25, 0.3) is 0 Å². The average molecular weight is 320 g/mol. The molecule has 2 N–H and O–H groups in total. The second kappa shape index (κ2) is 7.44.